The van der Waals surface area contributed by atoms with Crippen molar-refractivity contribution in [1.82, 2.24) is 0 Å². The van der Waals surface area contributed by atoms with Crippen molar-refractivity contribution in [1.29, 1.82) is 0 Å². The summed E-state index contributed by atoms with van der Waals surface area (Å²) in [5.74, 6) is 2.10. The van der Waals surface area contributed by atoms with Gasteiger partial charge in [0, 0.05) is 11.3 Å². The average molecular weight is 281 g/mol. The maximum atomic E-state index is 6.29. The summed E-state index contributed by atoms with van der Waals surface area (Å²) < 4.78 is 5.31. The molecule has 2 atom stereocenters. The molecule has 0 saturated carbocycles. The maximum absolute atomic E-state index is 6.29. The van der Waals surface area contributed by atoms with Gasteiger partial charge in [0.1, 0.15) is 5.75 Å². The highest BCUT2D eigenvalue weighted by molar-refractivity contribution is 7.99. The summed E-state index contributed by atoms with van der Waals surface area (Å²) in [6.45, 7) is 4.40. The summed E-state index contributed by atoms with van der Waals surface area (Å²) in [6.07, 6.45) is 4.85. The van der Waals surface area contributed by atoms with Crippen LogP contribution in [0.5, 0.6) is 5.75 Å². The number of hydrogen-bond acceptors (Lipinski definition) is 3. The molecule has 3 heteroatoms. The van der Waals surface area contributed by atoms with Gasteiger partial charge < -0.3 is 10.5 Å². The van der Waals surface area contributed by atoms with E-state index in [1.54, 1.807) is 7.11 Å². The molecule has 19 heavy (non-hydrogen) atoms. The number of hydrogen-bond donors (Lipinski definition) is 1. The number of methoxy groups -OCH3 is 1. The molecule has 2 unspecified atom stereocenters. The molecule has 0 aliphatic heterocycles. The number of benzene rings is 1. The van der Waals surface area contributed by atoms with E-state index >= 15 is 0 Å². The molecule has 0 amide bonds. The fourth-order valence-corrected chi connectivity index (χ4v) is 3.47. The van der Waals surface area contributed by atoms with E-state index in [1.165, 1.54) is 30.6 Å². The Morgan fingerprint density at radius 1 is 1.26 bits per heavy atom. The molecule has 0 radical (unpaired) electrons. The predicted octanol–water partition coefficient (Wildman–Crippen LogP) is 4.40. The second kappa shape index (κ2) is 9.27. The van der Waals surface area contributed by atoms with Crippen LogP contribution in [0.1, 0.15) is 50.3 Å². The van der Waals surface area contributed by atoms with Gasteiger partial charge in [-0.3, -0.25) is 0 Å². The zero-order valence-corrected chi connectivity index (χ0v) is 13.2. The lowest BCUT2D eigenvalue weighted by molar-refractivity contribution is 0.414. The van der Waals surface area contributed by atoms with Crippen molar-refractivity contribution >= 4 is 11.8 Å². The van der Waals surface area contributed by atoms with E-state index in [0.29, 0.717) is 5.25 Å². The Kier molecular flexibility index (Phi) is 7.99. The van der Waals surface area contributed by atoms with Crippen LogP contribution in [0, 0.1) is 0 Å². The Bertz CT molecular complexity index is 356. The third kappa shape index (κ3) is 5.45. The minimum atomic E-state index is 0.207. The lowest BCUT2D eigenvalue weighted by Gasteiger charge is -2.23. The van der Waals surface area contributed by atoms with Crippen LogP contribution in [0.25, 0.3) is 0 Å². The van der Waals surface area contributed by atoms with Gasteiger partial charge in [0.25, 0.3) is 0 Å². The normalized spacial score (nSPS) is 14.1. The van der Waals surface area contributed by atoms with Crippen molar-refractivity contribution < 1.29 is 4.74 Å². The van der Waals surface area contributed by atoms with E-state index in [0.717, 1.165) is 12.2 Å². The van der Waals surface area contributed by atoms with E-state index in [1.807, 2.05) is 17.8 Å². The second-order valence-electron chi connectivity index (χ2n) is 4.85. The molecule has 1 rings (SSSR count). The molecule has 0 fully saturated rings. The van der Waals surface area contributed by atoms with Gasteiger partial charge in [-0.25, -0.2) is 0 Å². The van der Waals surface area contributed by atoms with E-state index in [9.17, 15) is 0 Å². The standard InChI is InChI=1S/C16H27NOS/c1-4-6-7-11-19-16(15(17)5-2)13-9-8-10-14(12-13)18-3/h8-10,12,15-16H,4-7,11,17H2,1-3H3. The minimum absolute atomic E-state index is 0.207. The Morgan fingerprint density at radius 3 is 2.68 bits per heavy atom. The van der Waals surface area contributed by atoms with Crippen LogP contribution in [0.2, 0.25) is 0 Å². The first-order chi connectivity index (χ1) is 9.22. The molecule has 0 aliphatic carbocycles. The second-order valence-corrected chi connectivity index (χ2v) is 6.10. The Morgan fingerprint density at radius 2 is 2.05 bits per heavy atom. The molecule has 1 aromatic carbocycles. The molecule has 1 aromatic rings. The topological polar surface area (TPSA) is 35.2 Å². The summed E-state index contributed by atoms with van der Waals surface area (Å²) in [4.78, 5) is 0. The smallest absolute Gasteiger partial charge is 0.119 e. The van der Waals surface area contributed by atoms with Crippen molar-refractivity contribution in [2.75, 3.05) is 12.9 Å². The van der Waals surface area contributed by atoms with Crippen LogP contribution in [0.15, 0.2) is 24.3 Å². The van der Waals surface area contributed by atoms with Crippen LogP contribution >= 0.6 is 11.8 Å². The summed E-state index contributed by atoms with van der Waals surface area (Å²) in [7, 11) is 1.71. The Labute approximate surface area is 122 Å². The van der Waals surface area contributed by atoms with Crippen LogP contribution in [-0.2, 0) is 0 Å². The number of nitrogens with two attached hydrogens (primary N) is 1. The van der Waals surface area contributed by atoms with Crippen LogP contribution in [-0.4, -0.2) is 18.9 Å². The van der Waals surface area contributed by atoms with Gasteiger partial charge in [0.2, 0.25) is 0 Å². The number of unbranched alkanes of at least 4 members (excludes halogenated alkanes) is 2. The largest absolute Gasteiger partial charge is 0.497 e. The third-order valence-electron chi connectivity index (χ3n) is 3.33. The van der Waals surface area contributed by atoms with Gasteiger partial charge in [-0.15, -0.1) is 0 Å². The molecule has 0 heterocycles. The third-order valence-corrected chi connectivity index (χ3v) is 4.83. The van der Waals surface area contributed by atoms with Crippen LogP contribution in [0.3, 0.4) is 0 Å². The highest BCUT2D eigenvalue weighted by Crippen LogP contribution is 2.34. The summed E-state index contributed by atoms with van der Waals surface area (Å²) in [6, 6.07) is 8.53. The molecule has 108 valence electrons. The first-order valence-corrected chi connectivity index (χ1v) is 8.28. The van der Waals surface area contributed by atoms with Crippen molar-refractivity contribution in [3.8, 4) is 5.75 Å². The number of rotatable bonds is 9. The van der Waals surface area contributed by atoms with E-state index in [2.05, 4.69) is 32.0 Å². The molecule has 2 nitrogen and oxygen atoms in total. The van der Waals surface area contributed by atoms with Gasteiger partial charge in [-0.2, -0.15) is 11.8 Å². The molecule has 2 N–H and O–H groups in total. The highest BCUT2D eigenvalue weighted by atomic mass is 32.2. The quantitative estimate of drug-likeness (QED) is 0.681. The first-order valence-electron chi connectivity index (χ1n) is 7.24. The van der Waals surface area contributed by atoms with Gasteiger partial charge in [0.15, 0.2) is 0 Å². The minimum Gasteiger partial charge on any atom is -0.497 e. The van der Waals surface area contributed by atoms with Gasteiger partial charge >= 0.3 is 0 Å². The summed E-state index contributed by atoms with van der Waals surface area (Å²) in [5.41, 5.74) is 7.58. The molecule has 0 spiro atoms. The average Bonchev–Trinajstić information content (AvgIpc) is 2.46. The maximum Gasteiger partial charge on any atom is 0.119 e. The first kappa shape index (κ1) is 16.4. The molecule has 0 saturated heterocycles. The lowest BCUT2D eigenvalue weighted by Crippen LogP contribution is -2.26. The van der Waals surface area contributed by atoms with Crippen LogP contribution < -0.4 is 10.5 Å². The number of thioether (sulfide) groups is 1. The van der Waals surface area contributed by atoms with E-state index < -0.39 is 0 Å². The predicted molar refractivity (Wildman–Crippen MR) is 86.0 cm³/mol. The molecule has 0 aliphatic rings. The Hall–Kier alpha value is -0.670. The van der Waals surface area contributed by atoms with Crippen LogP contribution in [0.4, 0.5) is 0 Å². The zero-order chi connectivity index (χ0) is 14.1. The van der Waals surface area contributed by atoms with E-state index in [-0.39, 0.29) is 6.04 Å². The molecular weight excluding hydrogens is 254 g/mol. The summed E-state index contributed by atoms with van der Waals surface area (Å²) >= 11 is 1.99. The van der Waals surface area contributed by atoms with Crippen molar-refractivity contribution in [2.45, 2.75) is 50.8 Å². The monoisotopic (exact) mass is 281 g/mol. The summed E-state index contributed by atoms with van der Waals surface area (Å²) in [5, 5.41) is 0.372. The SMILES string of the molecule is CCCCCSC(c1cccc(OC)c1)C(N)CC. The molecule has 0 bridgehead atoms. The number of ether oxygens (including phenoxy) is 1. The van der Waals surface area contributed by atoms with Gasteiger partial charge in [-0.05, 0) is 36.3 Å². The lowest BCUT2D eigenvalue weighted by atomic mass is 10.0. The fraction of sp³-hybridized carbons (Fsp3) is 0.625. The van der Waals surface area contributed by atoms with Crippen molar-refractivity contribution in [3.05, 3.63) is 29.8 Å². The highest BCUT2D eigenvalue weighted by Gasteiger charge is 2.19. The van der Waals surface area contributed by atoms with Crippen molar-refractivity contribution in [2.24, 2.45) is 5.73 Å². The molecule has 0 aromatic heterocycles. The molecular formula is C16H27NOS. The van der Waals surface area contributed by atoms with Gasteiger partial charge in [-0.1, -0.05) is 38.8 Å². The fourth-order valence-electron chi connectivity index (χ4n) is 2.06. The Balaban J connectivity index is 2.71. The van der Waals surface area contributed by atoms with Crippen molar-refractivity contribution in [3.63, 3.8) is 0 Å². The van der Waals surface area contributed by atoms with Gasteiger partial charge in [0.05, 0.1) is 7.11 Å². The zero-order valence-electron chi connectivity index (χ0n) is 12.4. The van der Waals surface area contributed by atoms with E-state index in [4.69, 9.17) is 10.5 Å².